The maximum absolute atomic E-state index is 13.0. The van der Waals surface area contributed by atoms with Crippen molar-refractivity contribution < 1.29 is 14.1 Å². The molecule has 1 amide bonds. The minimum Gasteiger partial charge on any atom is -0.369 e. The van der Waals surface area contributed by atoms with Gasteiger partial charge < -0.3 is 10.1 Å². The Morgan fingerprint density at radius 3 is 2.85 bits per heavy atom. The number of nitrogens with one attached hydrogen (secondary N) is 1. The van der Waals surface area contributed by atoms with Crippen molar-refractivity contribution in [1.29, 1.82) is 0 Å². The van der Waals surface area contributed by atoms with E-state index in [2.05, 4.69) is 25.3 Å². The van der Waals surface area contributed by atoms with Crippen LogP contribution in [0.1, 0.15) is 45.8 Å². The first kappa shape index (κ1) is 25.7. The predicted molar refractivity (Wildman–Crippen MR) is 154 cm³/mol. The molecule has 1 aromatic carbocycles. The molecular formula is C30H32N9O2+. The predicted octanol–water partition coefficient (Wildman–Crippen LogP) is 3.06. The van der Waals surface area contributed by atoms with Crippen molar-refractivity contribution in [2.75, 3.05) is 25.0 Å². The molecule has 1 saturated heterocycles. The number of aryl methyl sites for hydroxylation is 1. The van der Waals surface area contributed by atoms with E-state index in [1.165, 1.54) is 18.4 Å². The summed E-state index contributed by atoms with van der Waals surface area (Å²) < 4.78 is 7.92. The molecule has 3 aromatic rings. The number of hydrogen-bond donors (Lipinski definition) is 2. The van der Waals surface area contributed by atoms with E-state index in [1.807, 2.05) is 54.6 Å². The van der Waals surface area contributed by atoms with Gasteiger partial charge in [0.05, 0.1) is 30.8 Å². The lowest BCUT2D eigenvalue weighted by molar-refractivity contribution is -0.750. The van der Waals surface area contributed by atoms with E-state index in [0.29, 0.717) is 36.3 Å². The molecule has 3 aliphatic heterocycles. The van der Waals surface area contributed by atoms with Crippen molar-refractivity contribution in [2.24, 2.45) is 22.9 Å². The van der Waals surface area contributed by atoms with Crippen LogP contribution in [0.4, 0.5) is 5.82 Å². The lowest BCUT2D eigenvalue weighted by atomic mass is 10.1. The summed E-state index contributed by atoms with van der Waals surface area (Å²) in [6, 6.07) is 11.3. The lowest BCUT2D eigenvalue weighted by Gasteiger charge is -2.32. The number of ether oxygens (including phenoxy) is 1. The van der Waals surface area contributed by atoms with Gasteiger partial charge in [-0.05, 0) is 60.7 Å². The number of amides is 1. The van der Waals surface area contributed by atoms with Crippen LogP contribution in [0, 0.1) is 0 Å². The first-order valence-electron chi connectivity index (χ1n) is 13.9. The van der Waals surface area contributed by atoms with Gasteiger partial charge in [-0.15, -0.1) is 4.59 Å². The van der Waals surface area contributed by atoms with Gasteiger partial charge in [-0.25, -0.2) is 4.98 Å². The smallest absolute Gasteiger partial charge is 0.264 e. The van der Waals surface area contributed by atoms with Crippen molar-refractivity contribution in [2.45, 2.75) is 31.4 Å². The second-order valence-electron chi connectivity index (χ2n) is 11.0. The highest BCUT2D eigenvalue weighted by Crippen LogP contribution is 2.40. The largest absolute Gasteiger partial charge is 0.369 e. The van der Waals surface area contributed by atoms with E-state index in [-0.39, 0.29) is 16.6 Å². The Kier molecular flexibility index (Phi) is 6.43. The number of aromatic nitrogens is 3. The fourth-order valence-electron chi connectivity index (χ4n) is 5.61. The number of morpholine rings is 1. The van der Waals surface area contributed by atoms with Gasteiger partial charge in [-0.2, -0.15) is 15.9 Å². The second kappa shape index (κ2) is 10.3. The fraction of sp³-hybridized carbons (Fsp3) is 0.300. The average molecular weight is 551 g/mol. The number of hydrogen-bond acceptors (Lipinski definition) is 8. The number of nitrogens with zero attached hydrogens (tertiary/aromatic N) is 7. The molecule has 1 saturated carbocycles. The topological polar surface area (TPSA) is 123 Å². The first-order valence-corrected chi connectivity index (χ1v) is 13.9. The Bertz CT molecular complexity index is 1620. The normalized spacial score (nSPS) is 24.0. The number of anilines is 1. The van der Waals surface area contributed by atoms with E-state index in [1.54, 1.807) is 30.7 Å². The molecule has 1 aliphatic carbocycles. The number of allylic oxidation sites excluding steroid dienone is 1. The van der Waals surface area contributed by atoms with Crippen LogP contribution in [0.15, 0.2) is 88.8 Å². The van der Waals surface area contributed by atoms with Crippen LogP contribution in [-0.4, -0.2) is 68.0 Å². The van der Waals surface area contributed by atoms with Crippen molar-refractivity contribution in [1.82, 2.24) is 19.7 Å². The quantitative estimate of drug-likeness (QED) is 0.344. The Hall–Kier alpha value is -4.29. The van der Waals surface area contributed by atoms with E-state index < -0.39 is 0 Å². The van der Waals surface area contributed by atoms with Gasteiger partial charge in [0.1, 0.15) is 23.8 Å². The Morgan fingerprint density at radius 2 is 2.07 bits per heavy atom. The zero-order chi connectivity index (χ0) is 28.0. The zero-order valence-corrected chi connectivity index (χ0v) is 22.8. The molecule has 2 aromatic heterocycles. The minimum absolute atomic E-state index is 0.106. The molecule has 0 radical (unpaired) electrons. The Balaban J connectivity index is 1.10. The molecule has 3 N–H and O–H groups in total. The Labute approximate surface area is 237 Å². The van der Waals surface area contributed by atoms with Crippen LogP contribution in [0.5, 0.6) is 0 Å². The summed E-state index contributed by atoms with van der Waals surface area (Å²) in [5.41, 5.74) is 5.27. The number of rotatable bonds is 7. The van der Waals surface area contributed by atoms with E-state index in [9.17, 15) is 4.79 Å². The highest BCUT2D eigenvalue weighted by atomic mass is 16.5. The molecule has 1 unspecified atom stereocenters. The third kappa shape index (κ3) is 5.04. The molecule has 4 aliphatic rings. The van der Waals surface area contributed by atoms with Gasteiger partial charge in [-0.3, -0.25) is 19.4 Å². The lowest BCUT2D eigenvalue weighted by Crippen LogP contribution is -2.53. The van der Waals surface area contributed by atoms with E-state index >= 15 is 0 Å². The number of amidine groups is 1. The second-order valence-corrected chi connectivity index (χ2v) is 11.0. The van der Waals surface area contributed by atoms with Crippen LogP contribution in [-0.2, 0) is 18.3 Å². The van der Waals surface area contributed by atoms with Crippen molar-refractivity contribution >= 4 is 23.8 Å². The molecule has 11 nitrogen and oxygen atoms in total. The van der Waals surface area contributed by atoms with Crippen LogP contribution in [0.3, 0.4) is 0 Å². The molecule has 2 fully saturated rings. The van der Waals surface area contributed by atoms with Crippen molar-refractivity contribution in [3.8, 4) is 0 Å². The summed E-state index contributed by atoms with van der Waals surface area (Å²) in [4.78, 5) is 29.0. The first-order chi connectivity index (χ1) is 20.0. The summed E-state index contributed by atoms with van der Waals surface area (Å²) in [7, 11) is 1.92. The van der Waals surface area contributed by atoms with E-state index in [4.69, 9.17) is 15.6 Å². The number of quaternary nitrogens is 1. The average Bonchev–Trinajstić information content (AvgIpc) is 3.69. The van der Waals surface area contributed by atoms with Crippen LogP contribution >= 0.6 is 0 Å². The van der Waals surface area contributed by atoms with Gasteiger partial charge >= 0.3 is 0 Å². The van der Waals surface area contributed by atoms with Crippen molar-refractivity contribution in [3.05, 3.63) is 101 Å². The van der Waals surface area contributed by atoms with Crippen molar-refractivity contribution in [3.63, 3.8) is 0 Å². The number of aliphatic imine (C=N–C) groups is 2. The molecule has 0 spiro atoms. The molecule has 7 rings (SSSR count). The maximum Gasteiger partial charge on any atom is 0.264 e. The summed E-state index contributed by atoms with van der Waals surface area (Å²) in [6.45, 7) is 2.88. The summed E-state index contributed by atoms with van der Waals surface area (Å²) >= 11 is 0. The SMILES string of the molecule is Cn1cc(CN2CCO[C@@H](C3=C4C=NC=C[N+]4(N)C(c4ccc(C(=O)Nc5cc(C6CC6)ccn5)cc4)=N3)C2)cn1. The number of carbonyl (C=O) groups is 1. The van der Waals surface area contributed by atoms with E-state index in [0.717, 1.165) is 35.6 Å². The number of benzene rings is 1. The molecule has 2 atom stereocenters. The van der Waals surface area contributed by atoms with Gasteiger partial charge in [-0.1, -0.05) is 0 Å². The summed E-state index contributed by atoms with van der Waals surface area (Å²) in [5, 5.41) is 7.21. The van der Waals surface area contributed by atoms with Crippen LogP contribution < -0.4 is 11.2 Å². The summed E-state index contributed by atoms with van der Waals surface area (Å²) in [6.07, 6.45) is 13.1. The van der Waals surface area contributed by atoms with Gasteiger partial charge in [0.15, 0.2) is 0 Å². The fourth-order valence-corrected chi connectivity index (χ4v) is 5.61. The van der Waals surface area contributed by atoms with Crippen LogP contribution in [0.2, 0.25) is 0 Å². The molecule has 11 heteroatoms. The maximum atomic E-state index is 13.0. The highest BCUT2D eigenvalue weighted by molar-refractivity contribution is 6.05. The monoisotopic (exact) mass is 550 g/mol. The highest BCUT2D eigenvalue weighted by Gasteiger charge is 2.46. The Morgan fingerprint density at radius 1 is 1.22 bits per heavy atom. The summed E-state index contributed by atoms with van der Waals surface area (Å²) in [5.74, 6) is 8.54. The van der Waals surface area contributed by atoms with Gasteiger partial charge in [0.25, 0.3) is 11.7 Å². The molecule has 208 valence electrons. The zero-order valence-electron chi connectivity index (χ0n) is 22.8. The van der Waals surface area contributed by atoms with Crippen LogP contribution in [0.25, 0.3) is 0 Å². The third-order valence-corrected chi connectivity index (χ3v) is 7.92. The third-order valence-electron chi connectivity index (χ3n) is 7.92. The minimum atomic E-state index is -0.254. The van der Waals surface area contributed by atoms with Gasteiger partial charge in [0.2, 0.25) is 5.70 Å². The standard InChI is InChI=1S/C30H31N9O2/c1-37-17-20(15-34-37)18-38-11-13-41-26(19-38)28-25-16-32-10-12-39(25,31)29(36-28)22-4-6-23(7-5-22)30(40)35-27-14-24(8-9-33-27)21-2-3-21/h4-10,12,14-17,21,26H,2-3,11,13,18-19,31H2,1H3/p+1/t26-,39?/m1/s1. The molecule has 5 heterocycles. The number of carbonyl (C=O) groups excluding carboxylic acids is 1. The number of fused-ring (bicyclic) bond motifs is 1. The number of nitrogens with two attached hydrogens (primary N) is 1. The molecular weight excluding hydrogens is 518 g/mol. The van der Waals surface area contributed by atoms with Gasteiger partial charge in [0, 0.05) is 50.2 Å². The number of pyridine rings is 1. The molecule has 41 heavy (non-hydrogen) atoms. The molecule has 0 bridgehead atoms.